The van der Waals surface area contributed by atoms with Crippen molar-refractivity contribution in [3.8, 4) is 0 Å². The Hall–Kier alpha value is -0.870. The predicted molar refractivity (Wildman–Crippen MR) is 84.0 cm³/mol. The van der Waals surface area contributed by atoms with Gasteiger partial charge < -0.3 is 9.88 Å². The summed E-state index contributed by atoms with van der Waals surface area (Å²) in [6.45, 7) is 13.7. The predicted octanol–water partition coefficient (Wildman–Crippen LogP) is 2.30. The number of aromatic nitrogens is 2. The third-order valence-electron chi connectivity index (χ3n) is 4.43. The topological polar surface area (TPSA) is 33.1 Å². The molecule has 2 heterocycles. The highest BCUT2D eigenvalue weighted by molar-refractivity contribution is 4.93. The fraction of sp³-hybridized carbons (Fsp3) is 0.812. The van der Waals surface area contributed by atoms with Gasteiger partial charge in [-0.3, -0.25) is 4.90 Å². The molecule has 20 heavy (non-hydrogen) atoms. The van der Waals surface area contributed by atoms with E-state index >= 15 is 0 Å². The molecule has 114 valence electrons. The van der Waals surface area contributed by atoms with Gasteiger partial charge in [-0.15, -0.1) is 0 Å². The van der Waals surface area contributed by atoms with Crippen LogP contribution in [0.5, 0.6) is 0 Å². The molecule has 1 aliphatic rings. The van der Waals surface area contributed by atoms with Gasteiger partial charge in [-0.25, -0.2) is 4.98 Å². The number of rotatable bonds is 7. The molecule has 4 heteroatoms. The van der Waals surface area contributed by atoms with Crippen LogP contribution in [-0.2, 0) is 13.0 Å². The molecule has 0 aromatic carbocycles. The summed E-state index contributed by atoms with van der Waals surface area (Å²) in [5.41, 5.74) is 0.257. The monoisotopic (exact) mass is 278 g/mol. The molecule has 1 saturated heterocycles. The summed E-state index contributed by atoms with van der Waals surface area (Å²) >= 11 is 0. The second-order valence-corrected chi connectivity index (χ2v) is 6.64. The Morgan fingerprint density at radius 1 is 1.35 bits per heavy atom. The van der Waals surface area contributed by atoms with Crippen LogP contribution in [0.4, 0.5) is 0 Å². The Kier molecular flexibility index (Phi) is 5.22. The average Bonchev–Trinajstić information content (AvgIpc) is 3.07. The largest absolute Gasteiger partial charge is 0.333 e. The molecule has 1 atom stereocenters. The molecule has 0 unspecified atom stereocenters. The van der Waals surface area contributed by atoms with Gasteiger partial charge in [0.2, 0.25) is 0 Å². The summed E-state index contributed by atoms with van der Waals surface area (Å²) in [4.78, 5) is 7.00. The van der Waals surface area contributed by atoms with Crippen LogP contribution in [0.1, 0.15) is 46.4 Å². The molecular weight excluding hydrogens is 248 g/mol. The maximum Gasteiger partial charge on any atom is 0.108 e. The van der Waals surface area contributed by atoms with Gasteiger partial charge in [-0.2, -0.15) is 0 Å². The van der Waals surface area contributed by atoms with Gasteiger partial charge in [-0.1, -0.05) is 6.92 Å². The third kappa shape index (κ3) is 3.83. The molecule has 1 aromatic heterocycles. The highest BCUT2D eigenvalue weighted by Crippen LogP contribution is 2.20. The number of likely N-dealkylation sites (tertiary alicyclic amines) is 1. The van der Waals surface area contributed by atoms with Crippen LogP contribution in [0.25, 0.3) is 0 Å². The Labute approximate surface area is 123 Å². The highest BCUT2D eigenvalue weighted by atomic mass is 15.2. The Balaban J connectivity index is 1.81. The summed E-state index contributed by atoms with van der Waals surface area (Å²) in [5, 5.41) is 3.70. The molecule has 1 aromatic rings. The van der Waals surface area contributed by atoms with Crippen molar-refractivity contribution in [2.45, 2.75) is 65.1 Å². The second kappa shape index (κ2) is 6.72. The fourth-order valence-corrected chi connectivity index (χ4v) is 3.04. The average molecular weight is 278 g/mol. The number of hydrogen-bond acceptors (Lipinski definition) is 3. The van der Waals surface area contributed by atoms with E-state index in [0.717, 1.165) is 19.5 Å². The zero-order valence-electron chi connectivity index (χ0n) is 13.5. The van der Waals surface area contributed by atoms with Gasteiger partial charge in [0.1, 0.15) is 5.82 Å². The van der Waals surface area contributed by atoms with Gasteiger partial charge in [0.25, 0.3) is 0 Å². The zero-order valence-corrected chi connectivity index (χ0v) is 13.5. The Morgan fingerprint density at radius 2 is 2.05 bits per heavy atom. The molecule has 0 saturated carbocycles. The molecule has 0 radical (unpaired) electrons. The van der Waals surface area contributed by atoms with Crippen molar-refractivity contribution in [3.05, 3.63) is 18.2 Å². The summed E-state index contributed by atoms with van der Waals surface area (Å²) in [6.07, 6.45) is 7.70. The first kappa shape index (κ1) is 15.5. The Morgan fingerprint density at radius 3 is 2.70 bits per heavy atom. The number of aryl methyl sites for hydroxylation is 1. The molecule has 1 aliphatic heterocycles. The lowest BCUT2D eigenvalue weighted by Crippen LogP contribution is -2.51. The SMILES string of the molecule is CCc1nccn1C[C@@H](C)NCC(C)(C)N1CCCC1. The van der Waals surface area contributed by atoms with Crippen LogP contribution in [-0.4, -0.2) is 45.7 Å². The molecule has 0 bridgehead atoms. The van der Waals surface area contributed by atoms with Crippen molar-refractivity contribution in [2.75, 3.05) is 19.6 Å². The van der Waals surface area contributed by atoms with Crippen LogP contribution in [0.15, 0.2) is 12.4 Å². The quantitative estimate of drug-likeness (QED) is 0.831. The van der Waals surface area contributed by atoms with Crippen LogP contribution in [0.2, 0.25) is 0 Å². The van der Waals surface area contributed by atoms with E-state index in [1.807, 2.05) is 6.20 Å². The number of nitrogens with one attached hydrogen (secondary N) is 1. The van der Waals surface area contributed by atoms with Crippen molar-refractivity contribution >= 4 is 0 Å². The number of hydrogen-bond donors (Lipinski definition) is 1. The van der Waals surface area contributed by atoms with E-state index < -0.39 is 0 Å². The van der Waals surface area contributed by atoms with Gasteiger partial charge in [-0.05, 0) is 46.7 Å². The Bertz CT molecular complexity index is 404. The van der Waals surface area contributed by atoms with Crippen molar-refractivity contribution in [1.29, 1.82) is 0 Å². The lowest BCUT2D eigenvalue weighted by molar-refractivity contribution is 0.147. The van der Waals surface area contributed by atoms with Gasteiger partial charge in [0.05, 0.1) is 0 Å². The molecular formula is C16H30N4. The molecule has 1 N–H and O–H groups in total. The maximum atomic E-state index is 4.39. The van der Waals surface area contributed by atoms with E-state index in [-0.39, 0.29) is 5.54 Å². The van der Waals surface area contributed by atoms with Crippen LogP contribution in [0.3, 0.4) is 0 Å². The van der Waals surface area contributed by atoms with Crippen LogP contribution >= 0.6 is 0 Å². The molecule has 4 nitrogen and oxygen atoms in total. The first-order valence-electron chi connectivity index (χ1n) is 8.01. The number of nitrogens with zero attached hydrogens (tertiary/aromatic N) is 3. The van der Waals surface area contributed by atoms with E-state index in [4.69, 9.17) is 0 Å². The van der Waals surface area contributed by atoms with Crippen molar-refractivity contribution < 1.29 is 0 Å². The van der Waals surface area contributed by atoms with Crippen molar-refractivity contribution in [2.24, 2.45) is 0 Å². The second-order valence-electron chi connectivity index (χ2n) is 6.64. The lowest BCUT2D eigenvalue weighted by Gasteiger charge is -2.36. The lowest BCUT2D eigenvalue weighted by atomic mass is 10.0. The first-order chi connectivity index (χ1) is 9.53. The number of imidazole rings is 1. The molecule has 0 spiro atoms. The molecule has 0 amide bonds. The summed E-state index contributed by atoms with van der Waals surface area (Å²) in [7, 11) is 0. The van der Waals surface area contributed by atoms with E-state index in [9.17, 15) is 0 Å². The zero-order chi connectivity index (χ0) is 14.6. The standard InChI is InChI=1S/C16H30N4/c1-5-15-17-8-11-19(15)12-14(2)18-13-16(3,4)20-9-6-7-10-20/h8,11,14,18H,5-7,9-10,12-13H2,1-4H3/t14-/m1/s1. The van der Waals surface area contributed by atoms with E-state index in [2.05, 4.69) is 53.7 Å². The normalized spacial score (nSPS) is 18.6. The molecule has 1 fully saturated rings. The van der Waals surface area contributed by atoms with Crippen molar-refractivity contribution in [3.63, 3.8) is 0 Å². The van der Waals surface area contributed by atoms with E-state index in [1.165, 1.54) is 31.8 Å². The van der Waals surface area contributed by atoms with E-state index in [1.54, 1.807) is 0 Å². The van der Waals surface area contributed by atoms with E-state index in [0.29, 0.717) is 6.04 Å². The first-order valence-corrected chi connectivity index (χ1v) is 8.01. The molecule has 0 aliphatic carbocycles. The van der Waals surface area contributed by atoms with Crippen LogP contribution in [0, 0.1) is 0 Å². The van der Waals surface area contributed by atoms with Gasteiger partial charge >= 0.3 is 0 Å². The minimum atomic E-state index is 0.257. The molecule has 2 rings (SSSR count). The minimum Gasteiger partial charge on any atom is -0.333 e. The smallest absolute Gasteiger partial charge is 0.108 e. The summed E-state index contributed by atoms with van der Waals surface area (Å²) in [6, 6.07) is 0.469. The van der Waals surface area contributed by atoms with Crippen LogP contribution < -0.4 is 5.32 Å². The summed E-state index contributed by atoms with van der Waals surface area (Å²) < 4.78 is 2.26. The highest BCUT2D eigenvalue weighted by Gasteiger charge is 2.28. The van der Waals surface area contributed by atoms with Gasteiger partial charge in [0.15, 0.2) is 0 Å². The minimum absolute atomic E-state index is 0.257. The van der Waals surface area contributed by atoms with Gasteiger partial charge in [0, 0.05) is 43.5 Å². The third-order valence-corrected chi connectivity index (χ3v) is 4.43. The summed E-state index contributed by atoms with van der Waals surface area (Å²) in [5.74, 6) is 1.18. The van der Waals surface area contributed by atoms with Crippen molar-refractivity contribution in [1.82, 2.24) is 19.8 Å². The fourth-order valence-electron chi connectivity index (χ4n) is 3.04. The maximum absolute atomic E-state index is 4.39.